The average molecular weight is 413 g/mol. The Morgan fingerprint density at radius 2 is 1.90 bits per heavy atom. The molecule has 0 atom stereocenters. The van der Waals surface area contributed by atoms with Gasteiger partial charge in [0, 0.05) is 31.0 Å². The zero-order chi connectivity index (χ0) is 20.8. The summed E-state index contributed by atoms with van der Waals surface area (Å²) >= 11 is 1.71. The van der Waals surface area contributed by atoms with Crippen LogP contribution < -0.4 is 5.32 Å². The van der Waals surface area contributed by atoms with Crippen molar-refractivity contribution in [2.24, 2.45) is 0 Å². The first-order valence-electron chi connectivity index (χ1n) is 9.53. The van der Waals surface area contributed by atoms with Crippen LogP contribution in [0.4, 0.5) is 10.5 Å². The maximum absolute atomic E-state index is 12.7. The highest BCUT2D eigenvalue weighted by atomic mass is 32.1. The van der Waals surface area contributed by atoms with Crippen LogP contribution in [0.2, 0.25) is 0 Å². The molecule has 0 aliphatic rings. The monoisotopic (exact) mass is 412 g/mol. The van der Waals surface area contributed by atoms with Gasteiger partial charge in [0.25, 0.3) is 0 Å². The summed E-state index contributed by atoms with van der Waals surface area (Å²) in [6, 6.07) is 19.5. The van der Waals surface area contributed by atoms with Crippen molar-refractivity contribution in [3.63, 3.8) is 0 Å². The third-order valence-corrected chi connectivity index (χ3v) is 5.60. The lowest BCUT2D eigenvalue weighted by Gasteiger charge is -2.21. The van der Waals surface area contributed by atoms with Crippen molar-refractivity contribution in [1.29, 1.82) is 0 Å². The first-order valence-corrected chi connectivity index (χ1v) is 10.3. The Kier molecular flexibility index (Phi) is 6.02. The van der Waals surface area contributed by atoms with E-state index in [-0.39, 0.29) is 12.6 Å². The van der Waals surface area contributed by atoms with E-state index in [0.717, 1.165) is 33.8 Å². The number of rotatable bonds is 6. The largest absolute Gasteiger partial charge is 0.322 e. The van der Waals surface area contributed by atoms with Crippen LogP contribution in [0.3, 0.4) is 0 Å². The summed E-state index contributed by atoms with van der Waals surface area (Å²) in [7, 11) is 0. The molecule has 0 saturated carbocycles. The van der Waals surface area contributed by atoms with E-state index in [1.807, 2.05) is 54.6 Å². The van der Waals surface area contributed by atoms with Crippen LogP contribution in [0.5, 0.6) is 0 Å². The fraction of sp³-hybridized carbons (Fsp3) is 0.125. The van der Waals surface area contributed by atoms with E-state index in [1.165, 1.54) is 4.70 Å². The molecule has 0 fully saturated rings. The number of hydrogen-bond acceptors (Lipinski definition) is 4. The van der Waals surface area contributed by atoms with Gasteiger partial charge in [-0.05, 0) is 41.5 Å². The lowest BCUT2D eigenvalue weighted by molar-refractivity contribution is 0.216. The molecule has 1 N–H and O–H groups in total. The summed E-state index contributed by atoms with van der Waals surface area (Å²) in [5.74, 6) is 2.54. The Hall–Kier alpha value is -3.69. The molecule has 0 radical (unpaired) electrons. The van der Waals surface area contributed by atoms with Gasteiger partial charge < -0.3 is 10.2 Å². The summed E-state index contributed by atoms with van der Waals surface area (Å²) < 4.78 is 1.19. The van der Waals surface area contributed by atoms with Crippen LogP contribution in [-0.4, -0.2) is 27.4 Å². The van der Waals surface area contributed by atoms with Crippen LogP contribution in [0.1, 0.15) is 16.1 Å². The second-order valence-electron chi connectivity index (χ2n) is 6.80. The van der Waals surface area contributed by atoms with Crippen LogP contribution in [0.15, 0.2) is 73.1 Å². The molecule has 0 aliphatic carbocycles. The highest BCUT2D eigenvalue weighted by Gasteiger charge is 2.13. The van der Waals surface area contributed by atoms with Gasteiger partial charge in [0.1, 0.15) is 0 Å². The van der Waals surface area contributed by atoms with Crippen molar-refractivity contribution < 1.29 is 4.79 Å². The third-order valence-electron chi connectivity index (χ3n) is 4.56. The van der Waals surface area contributed by atoms with Crippen molar-refractivity contribution in [2.75, 3.05) is 11.9 Å². The Labute approximate surface area is 179 Å². The number of anilines is 1. The Bertz CT molecular complexity index is 1150. The number of nitrogens with one attached hydrogen (secondary N) is 1. The number of urea groups is 1. The van der Waals surface area contributed by atoms with E-state index < -0.39 is 0 Å². The fourth-order valence-corrected chi connectivity index (χ4v) is 4.10. The number of hydrogen-bond donors (Lipinski definition) is 1. The summed E-state index contributed by atoms with van der Waals surface area (Å²) in [4.78, 5) is 23.0. The number of aromatic nitrogens is 2. The highest BCUT2D eigenvalue weighted by molar-refractivity contribution is 7.18. The Morgan fingerprint density at radius 3 is 2.63 bits per heavy atom. The number of carbonyl (C=O) groups excluding carboxylic acids is 1. The zero-order valence-corrected chi connectivity index (χ0v) is 17.1. The maximum Gasteiger partial charge on any atom is 0.322 e. The molecule has 0 saturated heterocycles. The van der Waals surface area contributed by atoms with Crippen LogP contribution in [-0.2, 0) is 13.0 Å². The van der Waals surface area contributed by atoms with E-state index in [9.17, 15) is 4.79 Å². The molecule has 4 aromatic rings. The molecule has 0 bridgehead atoms. The van der Waals surface area contributed by atoms with Gasteiger partial charge in [-0.2, -0.15) is 0 Å². The van der Waals surface area contributed by atoms with E-state index in [4.69, 9.17) is 6.42 Å². The number of amides is 2. The van der Waals surface area contributed by atoms with Crippen molar-refractivity contribution >= 4 is 33.3 Å². The normalized spacial score (nSPS) is 10.5. The van der Waals surface area contributed by atoms with Gasteiger partial charge >= 0.3 is 6.03 Å². The first kappa shape index (κ1) is 19.6. The second kappa shape index (κ2) is 9.21. The van der Waals surface area contributed by atoms with Gasteiger partial charge in [0.05, 0.1) is 21.8 Å². The highest BCUT2D eigenvalue weighted by Crippen LogP contribution is 2.24. The molecule has 2 amide bonds. The number of nitrogens with zero attached hydrogens (tertiary/aromatic N) is 3. The first-order chi connectivity index (χ1) is 14.7. The molecule has 0 unspecified atom stereocenters. The minimum absolute atomic E-state index is 0.219. The van der Waals surface area contributed by atoms with E-state index in [1.54, 1.807) is 28.6 Å². The smallest absolute Gasteiger partial charge is 0.309 e. The predicted molar refractivity (Wildman–Crippen MR) is 121 cm³/mol. The number of benzene rings is 2. The lowest BCUT2D eigenvalue weighted by atomic mass is 10.1. The SMILES string of the molecule is C#CCN(Cc1cccnc1)C(=O)Nc1ccc(Cc2nc3ccccc3s2)cc1. The summed E-state index contributed by atoms with van der Waals surface area (Å²) in [5, 5.41) is 3.99. The minimum atomic E-state index is -0.240. The molecule has 2 aromatic carbocycles. The van der Waals surface area contributed by atoms with Crippen molar-refractivity contribution in [3.05, 3.63) is 89.2 Å². The van der Waals surface area contributed by atoms with Crippen molar-refractivity contribution in [2.45, 2.75) is 13.0 Å². The minimum Gasteiger partial charge on any atom is -0.309 e. The van der Waals surface area contributed by atoms with Crippen LogP contribution >= 0.6 is 11.3 Å². The van der Waals surface area contributed by atoms with Gasteiger partial charge in [0.2, 0.25) is 0 Å². The number of para-hydroxylation sites is 1. The second-order valence-corrected chi connectivity index (χ2v) is 7.92. The Balaban J connectivity index is 1.40. The molecule has 30 heavy (non-hydrogen) atoms. The molecule has 0 spiro atoms. The third kappa shape index (κ3) is 4.83. The molecular weight excluding hydrogens is 392 g/mol. The number of carbonyl (C=O) groups is 1. The standard InChI is InChI=1S/C24H20N4OS/c1-2-14-28(17-19-6-5-13-25-16-19)24(29)26-20-11-9-18(10-12-20)15-23-27-21-7-3-4-8-22(21)30-23/h1,3-13,16H,14-15,17H2,(H,26,29). The van der Waals surface area contributed by atoms with Crippen LogP contribution in [0, 0.1) is 12.3 Å². The molecule has 148 valence electrons. The summed E-state index contributed by atoms with van der Waals surface area (Å²) in [6.07, 6.45) is 9.63. The number of terminal acetylenes is 1. The van der Waals surface area contributed by atoms with Crippen molar-refractivity contribution in [3.8, 4) is 12.3 Å². The molecule has 0 aliphatic heterocycles. The summed E-state index contributed by atoms with van der Waals surface area (Å²) in [6.45, 7) is 0.621. The quantitative estimate of drug-likeness (QED) is 0.456. The molecule has 4 rings (SSSR count). The van der Waals surface area contributed by atoms with E-state index in [0.29, 0.717) is 6.54 Å². The van der Waals surface area contributed by atoms with Crippen LogP contribution in [0.25, 0.3) is 10.2 Å². The molecule has 6 heteroatoms. The number of pyridine rings is 1. The van der Waals surface area contributed by atoms with Gasteiger partial charge in [-0.3, -0.25) is 4.98 Å². The fourth-order valence-electron chi connectivity index (χ4n) is 3.10. The van der Waals surface area contributed by atoms with Gasteiger partial charge in [0.15, 0.2) is 0 Å². The molecular formula is C24H20N4OS. The van der Waals surface area contributed by atoms with Gasteiger partial charge in [-0.25, -0.2) is 9.78 Å². The van der Waals surface area contributed by atoms with Gasteiger partial charge in [-0.15, -0.1) is 17.8 Å². The van der Waals surface area contributed by atoms with Gasteiger partial charge in [-0.1, -0.05) is 36.3 Å². The number of fused-ring (bicyclic) bond motifs is 1. The Morgan fingerprint density at radius 1 is 1.07 bits per heavy atom. The predicted octanol–water partition coefficient (Wildman–Crippen LogP) is 4.95. The maximum atomic E-state index is 12.7. The topological polar surface area (TPSA) is 58.1 Å². The molecule has 2 aromatic heterocycles. The summed E-state index contributed by atoms with van der Waals surface area (Å²) in [5.41, 5.74) is 3.82. The average Bonchev–Trinajstić information content (AvgIpc) is 3.18. The van der Waals surface area contributed by atoms with Crippen molar-refractivity contribution in [1.82, 2.24) is 14.9 Å². The van der Waals surface area contributed by atoms with E-state index in [2.05, 4.69) is 27.3 Å². The van der Waals surface area contributed by atoms with E-state index >= 15 is 0 Å². The number of thiazole rings is 1. The lowest BCUT2D eigenvalue weighted by Crippen LogP contribution is -2.34. The molecule has 5 nitrogen and oxygen atoms in total. The zero-order valence-electron chi connectivity index (χ0n) is 16.3. The molecule has 2 heterocycles.